The van der Waals surface area contributed by atoms with E-state index in [1.165, 1.54) is 0 Å². The number of hydrogen-bond acceptors (Lipinski definition) is 3. The molecule has 3 aromatic rings. The van der Waals surface area contributed by atoms with Gasteiger partial charge in [-0.25, -0.2) is 4.99 Å². The smallest absolute Gasteiger partial charge is 0.257 e. The Balaban J connectivity index is 1.84. The van der Waals surface area contributed by atoms with Crippen LogP contribution in [-0.2, 0) is 6.54 Å². The molecule has 0 aliphatic rings. The van der Waals surface area contributed by atoms with Gasteiger partial charge in [-0.05, 0) is 61.9 Å². The summed E-state index contributed by atoms with van der Waals surface area (Å²) >= 11 is 6.04. The number of nitrogens with one attached hydrogen (secondary N) is 2. The molecule has 142 valence electrons. The fourth-order valence-electron chi connectivity index (χ4n) is 2.62. The van der Waals surface area contributed by atoms with Crippen LogP contribution < -0.4 is 10.6 Å². The van der Waals surface area contributed by atoms with Crippen LogP contribution in [0.2, 0.25) is 5.02 Å². The molecule has 0 fully saturated rings. The zero-order chi connectivity index (χ0) is 19.9. The van der Waals surface area contributed by atoms with Gasteiger partial charge in [0.25, 0.3) is 5.91 Å². The van der Waals surface area contributed by atoms with Crippen molar-refractivity contribution >= 4 is 29.2 Å². The molecular formula is C22H21ClN4O. The number of amides is 1. The van der Waals surface area contributed by atoms with Gasteiger partial charge in [0.15, 0.2) is 0 Å². The van der Waals surface area contributed by atoms with Gasteiger partial charge in [0.2, 0.25) is 5.96 Å². The van der Waals surface area contributed by atoms with Crippen LogP contribution in [0.3, 0.4) is 0 Å². The topological polar surface area (TPSA) is 66.4 Å². The summed E-state index contributed by atoms with van der Waals surface area (Å²) in [5.74, 6) is 0.116. The van der Waals surface area contributed by atoms with Crippen LogP contribution in [0.5, 0.6) is 0 Å². The predicted octanol–water partition coefficient (Wildman–Crippen LogP) is 4.75. The van der Waals surface area contributed by atoms with Gasteiger partial charge < -0.3 is 5.32 Å². The maximum absolute atomic E-state index is 12.7. The average Bonchev–Trinajstić information content (AvgIpc) is 2.69. The maximum atomic E-state index is 12.7. The standard InChI is InChI=1S/C22H21ClN4O/c1-15-6-5-7-17(12-15)21(28)27-22(25-14-19-8-3-4-11-24-19)26-20-10-9-18(23)13-16(20)2/h3-13H,14H2,1-2H3,(H2,25,26,27,28). The van der Waals surface area contributed by atoms with Gasteiger partial charge in [-0.2, -0.15) is 0 Å². The first-order valence-corrected chi connectivity index (χ1v) is 9.24. The first-order valence-electron chi connectivity index (χ1n) is 8.87. The quantitative estimate of drug-likeness (QED) is 0.497. The molecule has 0 spiro atoms. The largest absolute Gasteiger partial charge is 0.326 e. The van der Waals surface area contributed by atoms with Crippen LogP contribution in [0.1, 0.15) is 27.2 Å². The van der Waals surface area contributed by atoms with Gasteiger partial charge in [-0.1, -0.05) is 35.4 Å². The number of carbonyl (C=O) groups is 1. The molecule has 0 saturated heterocycles. The summed E-state index contributed by atoms with van der Waals surface area (Å²) < 4.78 is 0. The van der Waals surface area contributed by atoms with Gasteiger partial charge in [0.05, 0.1) is 12.2 Å². The third-order valence-electron chi connectivity index (χ3n) is 4.08. The molecule has 0 atom stereocenters. The number of hydrogen-bond donors (Lipinski definition) is 2. The first kappa shape index (κ1) is 19.6. The van der Waals surface area contributed by atoms with Crippen LogP contribution >= 0.6 is 11.6 Å². The van der Waals surface area contributed by atoms with Crippen molar-refractivity contribution in [1.29, 1.82) is 0 Å². The van der Waals surface area contributed by atoms with E-state index in [0.717, 1.165) is 22.5 Å². The van der Waals surface area contributed by atoms with Crippen molar-refractivity contribution in [2.75, 3.05) is 5.32 Å². The Kier molecular flexibility index (Phi) is 6.40. The fraction of sp³-hybridized carbons (Fsp3) is 0.136. The predicted molar refractivity (Wildman–Crippen MR) is 114 cm³/mol. The fourth-order valence-corrected chi connectivity index (χ4v) is 2.85. The zero-order valence-corrected chi connectivity index (χ0v) is 16.5. The van der Waals surface area contributed by atoms with E-state index in [9.17, 15) is 4.79 Å². The molecule has 28 heavy (non-hydrogen) atoms. The Hall–Kier alpha value is -3.18. The molecule has 0 bridgehead atoms. The van der Waals surface area contributed by atoms with Gasteiger partial charge in [-0.15, -0.1) is 0 Å². The summed E-state index contributed by atoms with van der Waals surface area (Å²) in [6.45, 7) is 4.22. The molecule has 2 aromatic carbocycles. The number of guanidine groups is 1. The van der Waals surface area contributed by atoms with Gasteiger partial charge >= 0.3 is 0 Å². The highest BCUT2D eigenvalue weighted by Gasteiger charge is 2.11. The third kappa shape index (κ3) is 5.41. The highest BCUT2D eigenvalue weighted by molar-refractivity contribution is 6.30. The number of benzene rings is 2. The van der Waals surface area contributed by atoms with Crippen molar-refractivity contribution < 1.29 is 4.79 Å². The van der Waals surface area contributed by atoms with E-state index in [1.54, 1.807) is 18.3 Å². The second kappa shape index (κ2) is 9.15. The highest BCUT2D eigenvalue weighted by Crippen LogP contribution is 2.19. The lowest BCUT2D eigenvalue weighted by Crippen LogP contribution is -2.36. The van der Waals surface area contributed by atoms with Gasteiger partial charge in [0.1, 0.15) is 0 Å². The van der Waals surface area contributed by atoms with Crippen molar-refractivity contribution in [3.8, 4) is 0 Å². The summed E-state index contributed by atoms with van der Waals surface area (Å²) in [4.78, 5) is 21.5. The van der Waals surface area contributed by atoms with Crippen molar-refractivity contribution in [2.24, 2.45) is 4.99 Å². The monoisotopic (exact) mass is 392 g/mol. The van der Waals surface area contributed by atoms with E-state index >= 15 is 0 Å². The Morgan fingerprint density at radius 2 is 1.93 bits per heavy atom. The minimum Gasteiger partial charge on any atom is -0.326 e. The minimum atomic E-state index is -0.234. The average molecular weight is 393 g/mol. The Morgan fingerprint density at radius 1 is 1.07 bits per heavy atom. The second-order valence-corrected chi connectivity index (χ2v) is 6.83. The summed E-state index contributed by atoms with van der Waals surface area (Å²) in [6.07, 6.45) is 1.71. The van der Waals surface area contributed by atoms with Crippen molar-refractivity contribution in [3.05, 3.63) is 94.3 Å². The van der Waals surface area contributed by atoms with Gasteiger partial charge in [-0.3, -0.25) is 15.1 Å². The second-order valence-electron chi connectivity index (χ2n) is 6.39. The van der Waals surface area contributed by atoms with Crippen LogP contribution in [0.4, 0.5) is 5.69 Å². The molecular weight excluding hydrogens is 372 g/mol. The van der Waals surface area contributed by atoms with E-state index in [2.05, 4.69) is 20.6 Å². The molecule has 0 radical (unpaired) electrons. The lowest BCUT2D eigenvalue weighted by atomic mass is 10.1. The molecule has 0 aliphatic heterocycles. The number of aromatic nitrogens is 1. The number of anilines is 1. The number of carbonyl (C=O) groups excluding carboxylic acids is 1. The maximum Gasteiger partial charge on any atom is 0.257 e. The zero-order valence-electron chi connectivity index (χ0n) is 15.7. The van der Waals surface area contributed by atoms with Crippen LogP contribution in [0, 0.1) is 13.8 Å². The Labute approximate surface area is 169 Å². The van der Waals surface area contributed by atoms with Crippen LogP contribution in [0.15, 0.2) is 71.9 Å². The minimum absolute atomic E-state index is 0.234. The van der Waals surface area contributed by atoms with E-state index in [-0.39, 0.29) is 5.91 Å². The van der Waals surface area contributed by atoms with E-state index in [1.807, 2.05) is 62.4 Å². The summed E-state index contributed by atoms with van der Waals surface area (Å²) in [5, 5.41) is 6.70. The number of aryl methyl sites for hydroxylation is 2. The molecule has 0 saturated carbocycles. The molecule has 3 rings (SSSR count). The molecule has 0 aliphatic carbocycles. The molecule has 0 unspecified atom stereocenters. The van der Waals surface area contributed by atoms with E-state index in [4.69, 9.17) is 11.6 Å². The lowest BCUT2D eigenvalue weighted by molar-refractivity contribution is 0.0977. The summed E-state index contributed by atoms with van der Waals surface area (Å²) in [7, 11) is 0. The molecule has 5 nitrogen and oxygen atoms in total. The molecule has 1 aromatic heterocycles. The van der Waals surface area contributed by atoms with Crippen LogP contribution in [-0.4, -0.2) is 16.9 Å². The highest BCUT2D eigenvalue weighted by atomic mass is 35.5. The number of aliphatic imine (C=N–C) groups is 1. The van der Waals surface area contributed by atoms with Gasteiger partial charge in [0, 0.05) is 22.5 Å². The van der Waals surface area contributed by atoms with Crippen molar-refractivity contribution in [1.82, 2.24) is 10.3 Å². The lowest BCUT2D eigenvalue weighted by Gasteiger charge is -2.14. The third-order valence-corrected chi connectivity index (χ3v) is 4.31. The number of halogens is 1. The van der Waals surface area contributed by atoms with E-state index in [0.29, 0.717) is 23.1 Å². The Bertz CT molecular complexity index is 1000. The van der Waals surface area contributed by atoms with E-state index < -0.39 is 0 Å². The summed E-state index contributed by atoms with van der Waals surface area (Å²) in [6, 6.07) is 18.5. The Morgan fingerprint density at radius 3 is 2.64 bits per heavy atom. The molecule has 2 N–H and O–H groups in total. The number of nitrogens with zero attached hydrogens (tertiary/aromatic N) is 2. The SMILES string of the molecule is Cc1cccc(C(=O)NC(=NCc2ccccn2)Nc2ccc(Cl)cc2C)c1. The van der Waals surface area contributed by atoms with Crippen molar-refractivity contribution in [3.63, 3.8) is 0 Å². The van der Waals surface area contributed by atoms with Crippen LogP contribution in [0.25, 0.3) is 0 Å². The normalized spacial score (nSPS) is 11.2. The van der Waals surface area contributed by atoms with Crippen molar-refractivity contribution in [2.45, 2.75) is 20.4 Å². The first-order chi connectivity index (χ1) is 13.5. The molecule has 6 heteroatoms. The molecule has 1 heterocycles. The summed E-state index contributed by atoms with van der Waals surface area (Å²) in [5.41, 5.74) is 4.15. The number of rotatable bonds is 4. The number of pyridine rings is 1. The molecule has 1 amide bonds.